The number of unbranched alkanes of at least 4 members (excludes halogenated alkanes) is 1. The molecule has 3 fully saturated rings. The van der Waals surface area contributed by atoms with Gasteiger partial charge < -0.3 is 20.3 Å². The third kappa shape index (κ3) is 4.72. The Morgan fingerprint density at radius 2 is 2.09 bits per heavy atom. The Kier molecular flexibility index (Phi) is 6.28. The Labute approximate surface area is 193 Å². The molecule has 1 aromatic heterocycles. The summed E-state index contributed by atoms with van der Waals surface area (Å²) in [5, 5.41) is 10.5. The van der Waals surface area contributed by atoms with Gasteiger partial charge in [0.1, 0.15) is 5.82 Å². The normalized spacial score (nSPS) is 26.6. The number of rotatable bonds is 7. The Morgan fingerprint density at radius 1 is 1.21 bits per heavy atom. The Morgan fingerprint density at radius 3 is 3.00 bits per heavy atom. The van der Waals surface area contributed by atoms with E-state index >= 15 is 0 Å². The maximum Gasteiger partial charge on any atom is 0.269 e. The van der Waals surface area contributed by atoms with Crippen LogP contribution in [0.3, 0.4) is 0 Å². The van der Waals surface area contributed by atoms with E-state index in [4.69, 9.17) is 4.74 Å². The smallest absolute Gasteiger partial charge is 0.269 e. The second kappa shape index (κ2) is 9.49. The SMILES string of the molecule is C=C1C(=O)NC2NC3C(CCCC3OCCCCC(=O)Nc3ccc4ccccc4n3)CN12. The Bertz CT molecular complexity index is 1060. The van der Waals surface area contributed by atoms with Crippen molar-refractivity contribution in [3.63, 3.8) is 0 Å². The molecule has 8 heteroatoms. The minimum Gasteiger partial charge on any atom is -0.377 e. The molecule has 1 saturated carbocycles. The predicted molar refractivity (Wildman–Crippen MR) is 126 cm³/mol. The zero-order valence-electron chi connectivity index (χ0n) is 18.8. The van der Waals surface area contributed by atoms with E-state index in [1.165, 1.54) is 0 Å². The second-order valence-electron chi connectivity index (χ2n) is 9.16. The largest absolute Gasteiger partial charge is 0.377 e. The van der Waals surface area contributed by atoms with Gasteiger partial charge in [0.25, 0.3) is 5.91 Å². The number of fused-ring (bicyclic) bond motifs is 3. The third-order valence-corrected chi connectivity index (χ3v) is 6.94. The van der Waals surface area contributed by atoms with E-state index in [1.54, 1.807) is 0 Å². The molecule has 2 saturated heterocycles. The first-order chi connectivity index (χ1) is 16.1. The summed E-state index contributed by atoms with van der Waals surface area (Å²) >= 11 is 0. The molecule has 174 valence electrons. The molecule has 33 heavy (non-hydrogen) atoms. The highest BCUT2D eigenvalue weighted by atomic mass is 16.5. The fourth-order valence-electron chi connectivity index (χ4n) is 5.20. The summed E-state index contributed by atoms with van der Waals surface area (Å²) in [6.07, 6.45) is 5.26. The number of anilines is 1. The lowest BCUT2D eigenvalue weighted by Gasteiger charge is -2.47. The van der Waals surface area contributed by atoms with Gasteiger partial charge in [-0.05, 0) is 49.8 Å². The maximum atomic E-state index is 12.3. The zero-order chi connectivity index (χ0) is 22.8. The second-order valence-corrected chi connectivity index (χ2v) is 9.16. The van der Waals surface area contributed by atoms with Crippen molar-refractivity contribution in [2.75, 3.05) is 18.5 Å². The highest BCUT2D eigenvalue weighted by molar-refractivity contribution is 5.94. The average molecular weight is 450 g/mol. The van der Waals surface area contributed by atoms with E-state index < -0.39 is 0 Å². The summed E-state index contributed by atoms with van der Waals surface area (Å²) in [5.74, 6) is 0.912. The molecule has 2 amide bonds. The molecule has 0 bridgehead atoms. The van der Waals surface area contributed by atoms with E-state index in [0.29, 0.717) is 30.5 Å². The van der Waals surface area contributed by atoms with Gasteiger partial charge in [0.2, 0.25) is 5.91 Å². The number of benzene rings is 1. The number of carbonyl (C=O) groups is 2. The molecule has 8 nitrogen and oxygen atoms in total. The summed E-state index contributed by atoms with van der Waals surface area (Å²) in [6.45, 7) is 5.37. The van der Waals surface area contributed by atoms with Crippen LogP contribution in [-0.2, 0) is 14.3 Å². The van der Waals surface area contributed by atoms with Gasteiger partial charge in [-0.2, -0.15) is 0 Å². The number of carbonyl (C=O) groups excluding carboxylic acids is 2. The van der Waals surface area contributed by atoms with Crippen LogP contribution in [0.1, 0.15) is 38.5 Å². The van der Waals surface area contributed by atoms with Crippen LogP contribution in [0, 0.1) is 5.92 Å². The quantitative estimate of drug-likeness (QED) is 0.444. The summed E-state index contributed by atoms with van der Waals surface area (Å²) in [7, 11) is 0. The lowest BCUT2D eigenvalue weighted by Crippen LogP contribution is -2.65. The van der Waals surface area contributed by atoms with E-state index in [9.17, 15) is 9.59 Å². The summed E-state index contributed by atoms with van der Waals surface area (Å²) in [6, 6.07) is 11.9. The predicted octanol–water partition coefficient (Wildman–Crippen LogP) is 2.73. The number of nitrogens with zero attached hydrogens (tertiary/aromatic N) is 2. The fourth-order valence-corrected chi connectivity index (χ4v) is 5.20. The van der Waals surface area contributed by atoms with Gasteiger partial charge in [-0.3, -0.25) is 14.9 Å². The highest BCUT2D eigenvalue weighted by Gasteiger charge is 2.45. The maximum absolute atomic E-state index is 12.3. The van der Waals surface area contributed by atoms with Gasteiger partial charge in [-0.1, -0.05) is 31.2 Å². The van der Waals surface area contributed by atoms with Crippen molar-refractivity contribution in [3.05, 3.63) is 48.7 Å². The molecule has 4 unspecified atom stereocenters. The molecule has 1 aromatic carbocycles. The zero-order valence-corrected chi connectivity index (χ0v) is 18.8. The van der Waals surface area contributed by atoms with Crippen LogP contribution in [0.4, 0.5) is 5.82 Å². The fraction of sp³-hybridized carbons (Fsp3) is 0.480. The molecular weight excluding hydrogens is 418 g/mol. The van der Waals surface area contributed by atoms with Gasteiger partial charge in [0.15, 0.2) is 6.29 Å². The minimum absolute atomic E-state index is 0.0262. The molecule has 2 aromatic rings. The molecule has 4 atom stereocenters. The first-order valence-electron chi connectivity index (χ1n) is 11.9. The Hall–Kier alpha value is -2.97. The standard InChI is InChI=1S/C25H31N5O3/c1-16-24(32)29-25-28-23-18(15-30(16)25)8-6-10-20(23)33-14-5-4-11-22(31)27-21-13-12-17-7-2-3-9-19(17)26-21/h2-3,7,9,12-13,18,20,23,25,28H,1,4-6,8,10-11,14-15H2,(H,29,32)(H,26,27,31). The van der Waals surface area contributed by atoms with Crippen LogP contribution < -0.4 is 16.0 Å². The minimum atomic E-state index is -0.178. The van der Waals surface area contributed by atoms with Gasteiger partial charge in [0.05, 0.1) is 17.3 Å². The van der Waals surface area contributed by atoms with Crippen LogP contribution >= 0.6 is 0 Å². The number of ether oxygens (including phenoxy) is 1. The van der Waals surface area contributed by atoms with E-state index in [2.05, 4.69) is 27.5 Å². The van der Waals surface area contributed by atoms with Crippen molar-refractivity contribution < 1.29 is 14.3 Å². The number of hydrogen-bond donors (Lipinski definition) is 3. The molecule has 5 rings (SSSR count). The summed E-state index contributed by atoms with van der Waals surface area (Å²) < 4.78 is 6.24. The molecular formula is C25H31N5O3. The number of nitrogens with one attached hydrogen (secondary N) is 3. The topological polar surface area (TPSA) is 95.6 Å². The lowest BCUT2D eigenvalue weighted by atomic mass is 9.80. The van der Waals surface area contributed by atoms with E-state index in [1.807, 2.05) is 41.3 Å². The molecule has 1 aliphatic carbocycles. The summed E-state index contributed by atoms with van der Waals surface area (Å²) in [4.78, 5) is 30.8. The van der Waals surface area contributed by atoms with Gasteiger partial charge in [0, 0.05) is 31.0 Å². The number of para-hydroxylation sites is 1. The van der Waals surface area contributed by atoms with Gasteiger partial charge in [-0.15, -0.1) is 0 Å². The average Bonchev–Trinajstić information content (AvgIpc) is 3.10. The number of aromatic nitrogens is 1. The molecule has 3 heterocycles. The number of hydrogen-bond acceptors (Lipinski definition) is 6. The first kappa shape index (κ1) is 21.9. The van der Waals surface area contributed by atoms with Crippen LogP contribution in [-0.4, -0.2) is 53.3 Å². The van der Waals surface area contributed by atoms with Crippen LogP contribution in [0.25, 0.3) is 10.9 Å². The summed E-state index contributed by atoms with van der Waals surface area (Å²) in [5.41, 5.74) is 1.42. The molecule has 2 aliphatic heterocycles. The van der Waals surface area contributed by atoms with Crippen LogP contribution in [0.15, 0.2) is 48.7 Å². The van der Waals surface area contributed by atoms with E-state index in [-0.39, 0.29) is 30.2 Å². The lowest BCUT2D eigenvalue weighted by molar-refractivity contribution is -0.117. The highest BCUT2D eigenvalue weighted by Crippen LogP contribution is 2.33. The molecule has 0 spiro atoms. The number of amides is 2. The van der Waals surface area contributed by atoms with Crippen molar-refractivity contribution in [3.8, 4) is 0 Å². The molecule has 0 radical (unpaired) electrons. The van der Waals surface area contributed by atoms with Crippen LogP contribution in [0.2, 0.25) is 0 Å². The van der Waals surface area contributed by atoms with Crippen LogP contribution in [0.5, 0.6) is 0 Å². The molecule has 3 aliphatic rings. The Balaban J connectivity index is 1.05. The van der Waals surface area contributed by atoms with E-state index in [0.717, 1.165) is 49.6 Å². The van der Waals surface area contributed by atoms with Crippen molar-refractivity contribution in [2.45, 2.75) is 57.0 Å². The monoisotopic (exact) mass is 449 g/mol. The van der Waals surface area contributed by atoms with Crippen molar-refractivity contribution in [2.24, 2.45) is 5.92 Å². The van der Waals surface area contributed by atoms with Crippen molar-refractivity contribution in [1.82, 2.24) is 20.5 Å². The first-order valence-corrected chi connectivity index (χ1v) is 11.9. The molecule has 3 N–H and O–H groups in total. The number of pyridine rings is 1. The van der Waals surface area contributed by atoms with Crippen molar-refractivity contribution in [1.29, 1.82) is 0 Å². The third-order valence-electron chi connectivity index (χ3n) is 6.94. The van der Waals surface area contributed by atoms with Gasteiger partial charge >= 0.3 is 0 Å². The van der Waals surface area contributed by atoms with Crippen molar-refractivity contribution >= 4 is 28.5 Å². The van der Waals surface area contributed by atoms with Gasteiger partial charge in [-0.25, -0.2) is 4.98 Å².